The minimum Gasteiger partial charge on any atom is -0.484 e. The zero-order chi connectivity index (χ0) is 19.1. The summed E-state index contributed by atoms with van der Waals surface area (Å²) in [6.07, 6.45) is 3.78. The number of hydrogen-bond acceptors (Lipinski definition) is 3. The van der Waals surface area contributed by atoms with Crippen LogP contribution in [-0.2, 0) is 16.0 Å². The number of hydrogen-bond donors (Lipinski definition) is 3. The monoisotopic (exact) mass is 429 g/mol. The molecule has 0 spiro atoms. The molecule has 1 aromatic heterocycles. The summed E-state index contributed by atoms with van der Waals surface area (Å²) < 4.78 is 6.22. The van der Waals surface area contributed by atoms with E-state index in [0.29, 0.717) is 18.6 Å². The molecule has 1 heterocycles. The van der Waals surface area contributed by atoms with Crippen LogP contribution in [0, 0.1) is 0 Å². The third-order valence-electron chi connectivity index (χ3n) is 4.03. The van der Waals surface area contributed by atoms with E-state index in [4.69, 9.17) is 4.74 Å². The molecular weight excluding hydrogens is 410 g/mol. The fraction of sp³-hybridized carbons (Fsp3) is 0.200. The van der Waals surface area contributed by atoms with Gasteiger partial charge in [0.25, 0.3) is 5.91 Å². The van der Waals surface area contributed by atoms with Crippen molar-refractivity contribution in [3.63, 3.8) is 0 Å². The summed E-state index contributed by atoms with van der Waals surface area (Å²) in [5, 5.41) is 1.18. The Kier molecular flexibility index (Phi) is 6.49. The standard InChI is InChI=1S/C20H20BrN3O3/c21-15-6-4-7-16(11-15)27-13-20(26)24-23-19(25)10-3-5-14-12-22-18-9-2-1-8-17(14)18/h1-2,4,6-9,11-12,22H,3,5,10,13H2,(H,23,25)(H,24,26). The molecule has 0 aliphatic heterocycles. The number of hydrazine groups is 1. The number of aromatic nitrogens is 1. The van der Waals surface area contributed by atoms with Crippen LogP contribution in [0.25, 0.3) is 10.9 Å². The zero-order valence-corrected chi connectivity index (χ0v) is 16.2. The second-order valence-electron chi connectivity index (χ2n) is 6.06. The summed E-state index contributed by atoms with van der Waals surface area (Å²) in [7, 11) is 0. The highest BCUT2D eigenvalue weighted by Gasteiger charge is 2.07. The predicted molar refractivity (Wildman–Crippen MR) is 107 cm³/mol. The Morgan fingerprint density at radius 2 is 1.85 bits per heavy atom. The SMILES string of the molecule is O=C(CCCc1c[nH]c2ccccc12)NNC(=O)COc1cccc(Br)c1. The van der Waals surface area contributed by atoms with E-state index in [0.717, 1.165) is 16.4 Å². The molecule has 7 heteroatoms. The third-order valence-corrected chi connectivity index (χ3v) is 4.53. The van der Waals surface area contributed by atoms with Gasteiger partial charge in [-0.1, -0.05) is 40.2 Å². The first-order chi connectivity index (χ1) is 13.1. The van der Waals surface area contributed by atoms with Gasteiger partial charge in [-0.3, -0.25) is 20.4 Å². The van der Waals surface area contributed by atoms with Crippen LogP contribution in [0.1, 0.15) is 18.4 Å². The van der Waals surface area contributed by atoms with Crippen LogP contribution in [-0.4, -0.2) is 23.4 Å². The van der Waals surface area contributed by atoms with E-state index < -0.39 is 5.91 Å². The summed E-state index contributed by atoms with van der Waals surface area (Å²) in [4.78, 5) is 26.8. The van der Waals surface area contributed by atoms with E-state index in [-0.39, 0.29) is 12.5 Å². The number of para-hydroxylation sites is 1. The number of fused-ring (bicyclic) bond motifs is 1. The second-order valence-corrected chi connectivity index (χ2v) is 6.97. The number of aryl methyl sites for hydroxylation is 1. The summed E-state index contributed by atoms with van der Waals surface area (Å²) in [5.74, 6) is -0.0739. The van der Waals surface area contributed by atoms with Crippen LogP contribution in [0.3, 0.4) is 0 Å². The minimum absolute atomic E-state index is 0.175. The molecule has 3 aromatic rings. The number of H-pyrrole nitrogens is 1. The lowest BCUT2D eigenvalue weighted by Gasteiger charge is -2.09. The molecular formula is C20H20BrN3O3. The molecule has 0 bridgehead atoms. The molecule has 0 aliphatic carbocycles. The van der Waals surface area contributed by atoms with Gasteiger partial charge in [-0.05, 0) is 42.7 Å². The van der Waals surface area contributed by atoms with E-state index in [1.54, 1.807) is 12.1 Å². The predicted octanol–water partition coefficient (Wildman–Crippen LogP) is 3.48. The lowest BCUT2D eigenvalue weighted by molar-refractivity contribution is -0.130. The highest BCUT2D eigenvalue weighted by molar-refractivity contribution is 9.10. The molecule has 2 amide bonds. The highest BCUT2D eigenvalue weighted by Crippen LogP contribution is 2.19. The molecule has 0 atom stereocenters. The van der Waals surface area contributed by atoms with E-state index >= 15 is 0 Å². The topological polar surface area (TPSA) is 83.2 Å². The Balaban J connectivity index is 1.35. The van der Waals surface area contributed by atoms with Crippen molar-refractivity contribution >= 4 is 38.6 Å². The first-order valence-corrected chi connectivity index (χ1v) is 9.42. The fourth-order valence-electron chi connectivity index (χ4n) is 2.72. The van der Waals surface area contributed by atoms with Gasteiger partial charge in [-0.2, -0.15) is 0 Å². The van der Waals surface area contributed by atoms with E-state index in [9.17, 15) is 9.59 Å². The van der Waals surface area contributed by atoms with E-state index in [1.165, 1.54) is 10.9 Å². The summed E-state index contributed by atoms with van der Waals surface area (Å²) in [6.45, 7) is -0.175. The van der Waals surface area contributed by atoms with Crippen LogP contribution in [0.4, 0.5) is 0 Å². The van der Waals surface area contributed by atoms with Gasteiger partial charge in [0.1, 0.15) is 5.75 Å². The maximum absolute atomic E-state index is 11.9. The van der Waals surface area contributed by atoms with Crippen molar-refractivity contribution in [2.24, 2.45) is 0 Å². The summed E-state index contributed by atoms with van der Waals surface area (Å²) in [6, 6.07) is 15.3. The largest absolute Gasteiger partial charge is 0.484 e. The second kappa shape index (κ2) is 9.23. The average molecular weight is 430 g/mol. The van der Waals surface area contributed by atoms with Gasteiger partial charge < -0.3 is 9.72 Å². The Labute approximate surface area is 165 Å². The van der Waals surface area contributed by atoms with Gasteiger partial charge in [-0.15, -0.1) is 0 Å². The molecule has 6 nitrogen and oxygen atoms in total. The van der Waals surface area contributed by atoms with Gasteiger partial charge in [0, 0.05) is 28.0 Å². The van der Waals surface area contributed by atoms with Gasteiger partial charge in [0.15, 0.2) is 6.61 Å². The van der Waals surface area contributed by atoms with Crippen molar-refractivity contribution in [3.8, 4) is 5.75 Å². The molecule has 27 heavy (non-hydrogen) atoms. The Hall–Kier alpha value is -2.80. The molecule has 0 unspecified atom stereocenters. The van der Waals surface area contributed by atoms with Crippen LogP contribution in [0.15, 0.2) is 59.2 Å². The smallest absolute Gasteiger partial charge is 0.276 e. The maximum Gasteiger partial charge on any atom is 0.276 e. The van der Waals surface area contributed by atoms with Crippen molar-refractivity contribution in [1.29, 1.82) is 0 Å². The van der Waals surface area contributed by atoms with Crippen LogP contribution in [0.5, 0.6) is 5.75 Å². The normalized spacial score (nSPS) is 10.6. The molecule has 0 fully saturated rings. The molecule has 3 N–H and O–H groups in total. The molecule has 0 saturated heterocycles. The van der Waals surface area contributed by atoms with Crippen molar-refractivity contribution in [2.45, 2.75) is 19.3 Å². The molecule has 3 rings (SSSR count). The van der Waals surface area contributed by atoms with Crippen molar-refractivity contribution in [1.82, 2.24) is 15.8 Å². The number of rotatable bonds is 7. The van der Waals surface area contributed by atoms with Crippen molar-refractivity contribution < 1.29 is 14.3 Å². The van der Waals surface area contributed by atoms with Crippen molar-refractivity contribution in [3.05, 3.63) is 64.8 Å². The average Bonchev–Trinajstić information content (AvgIpc) is 3.08. The highest BCUT2D eigenvalue weighted by atomic mass is 79.9. The molecule has 140 valence electrons. The number of nitrogens with one attached hydrogen (secondary N) is 3. The molecule has 0 radical (unpaired) electrons. The molecule has 0 aliphatic rings. The maximum atomic E-state index is 11.9. The summed E-state index contributed by atoms with van der Waals surface area (Å²) in [5.41, 5.74) is 7.05. The first kappa shape index (κ1) is 19.0. The van der Waals surface area contributed by atoms with Gasteiger partial charge in [0.05, 0.1) is 0 Å². The van der Waals surface area contributed by atoms with E-state index in [2.05, 4.69) is 37.8 Å². The zero-order valence-electron chi connectivity index (χ0n) is 14.6. The van der Waals surface area contributed by atoms with Crippen molar-refractivity contribution in [2.75, 3.05) is 6.61 Å². The number of amides is 2. The number of aromatic amines is 1. The lowest BCUT2D eigenvalue weighted by Crippen LogP contribution is -2.43. The fourth-order valence-corrected chi connectivity index (χ4v) is 3.10. The van der Waals surface area contributed by atoms with E-state index in [1.807, 2.05) is 36.5 Å². The Morgan fingerprint density at radius 3 is 2.70 bits per heavy atom. The number of ether oxygens (including phenoxy) is 1. The van der Waals surface area contributed by atoms with Gasteiger partial charge in [-0.25, -0.2) is 0 Å². The van der Waals surface area contributed by atoms with Crippen LogP contribution >= 0.6 is 15.9 Å². The van der Waals surface area contributed by atoms with Crippen LogP contribution < -0.4 is 15.6 Å². The molecule has 2 aromatic carbocycles. The molecule has 0 saturated carbocycles. The lowest BCUT2D eigenvalue weighted by atomic mass is 10.1. The quantitative estimate of drug-likeness (QED) is 0.502. The third kappa shape index (κ3) is 5.59. The number of carbonyl (C=O) groups is 2. The number of benzene rings is 2. The van der Waals surface area contributed by atoms with Gasteiger partial charge in [0.2, 0.25) is 5.91 Å². The Morgan fingerprint density at radius 1 is 1.04 bits per heavy atom. The van der Waals surface area contributed by atoms with Gasteiger partial charge >= 0.3 is 0 Å². The Bertz CT molecular complexity index is 939. The number of halogens is 1. The summed E-state index contributed by atoms with van der Waals surface area (Å²) >= 11 is 3.33. The van der Waals surface area contributed by atoms with Crippen LogP contribution in [0.2, 0.25) is 0 Å². The minimum atomic E-state index is -0.417. The first-order valence-electron chi connectivity index (χ1n) is 8.63. The number of carbonyl (C=O) groups excluding carboxylic acids is 2.